The monoisotopic (exact) mass is 308 g/mol. The zero-order chi connectivity index (χ0) is 15.4. The topological polar surface area (TPSA) is 102 Å². The van der Waals surface area contributed by atoms with Gasteiger partial charge in [-0.25, -0.2) is 4.79 Å². The van der Waals surface area contributed by atoms with Crippen LogP contribution in [0.1, 0.15) is 30.8 Å². The number of hydrogen-bond donors (Lipinski definition) is 4. The molecule has 0 aliphatic heterocycles. The number of aromatic nitrogens is 1. The van der Waals surface area contributed by atoms with Gasteiger partial charge in [0.15, 0.2) is 0 Å². The Morgan fingerprint density at radius 1 is 1.48 bits per heavy atom. The fraction of sp³-hybridized carbons (Fsp3) is 0.429. The Balaban J connectivity index is 1.89. The molecule has 0 radical (unpaired) electrons. The molecule has 0 bridgehead atoms. The van der Waals surface area contributed by atoms with Gasteiger partial charge < -0.3 is 20.5 Å². The van der Waals surface area contributed by atoms with E-state index in [-0.39, 0.29) is 6.42 Å². The predicted molar refractivity (Wildman–Crippen MR) is 78.4 cm³/mol. The van der Waals surface area contributed by atoms with Crippen molar-refractivity contribution in [2.75, 3.05) is 0 Å². The fourth-order valence-corrected chi connectivity index (χ4v) is 3.60. The molecule has 1 aliphatic carbocycles. The molecule has 1 aliphatic rings. The SMILES string of the molecule is CC1(C)C(O)CC1(NC(=O)c1cc2ccsc2[nH]1)C(=O)O. The molecule has 2 aromatic rings. The van der Waals surface area contributed by atoms with Gasteiger partial charge in [0.05, 0.1) is 6.10 Å². The lowest BCUT2D eigenvalue weighted by atomic mass is 9.54. The van der Waals surface area contributed by atoms with Gasteiger partial charge in [0.25, 0.3) is 5.91 Å². The van der Waals surface area contributed by atoms with Crippen molar-refractivity contribution in [2.45, 2.75) is 31.9 Å². The average Bonchev–Trinajstić information content (AvgIpc) is 2.97. The van der Waals surface area contributed by atoms with Gasteiger partial charge in [0.2, 0.25) is 0 Å². The third-order valence-corrected chi connectivity index (χ3v) is 5.46. The number of amides is 1. The number of carbonyl (C=O) groups is 2. The van der Waals surface area contributed by atoms with Gasteiger partial charge in [0, 0.05) is 17.2 Å². The Kier molecular flexibility index (Phi) is 2.90. The largest absolute Gasteiger partial charge is 0.479 e. The summed E-state index contributed by atoms with van der Waals surface area (Å²) in [5.41, 5.74) is -2.03. The maximum Gasteiger partial charge on any atom is 0.330 e. The van der Waals surface area contributed by atoms with Crippen LogP contribution in [0, 0.1) is 5.41 Å². The number of aliphatic carboxylic acids is 1. The number of rotatable bonds is 3. The van der Waals surface area contributed by atoms with Crippen LogP contribution in [0.15, 0.2) is 17.5 Å². The molecule has 2 atom stereocenters. The summed E-state index contributed by atoms with van der Waals surface area (Å²) in [4.78, 5) is 27.8. The van der Waals surface area contributed by atoms with Gasteiger partial charge in [-0.2, -0.15) is 0 Å². The van der Waals surface area contributed by atoms with Crippen LogP contribution in [0.4, 0.5) is 0 Å². The molecule has 7 heteroatoms. The molecular weight excluding hydrogens is 292 g/mol. The summed E-state index contributed by atoms with van der Waals surface area (Å²) in [5.74, 6) is -1.60. The van der Waals surface area contributed by atoms with Crippen LogP contribution in [0.2, 0.25) is 0 Å². The molecule has 0 saturated heterocycles. The van der Waals surface area contributed by atoms with Gasteiger partial charge in [-0.05, 0) is 17.5 Å². The highest BCUT2D eigenvalue weighted by atomic mass is 32.1. The molecule has 1 fully saturated rings. The lowest BCUT2D eigenvalue weighted by Crippen LogP contribution is -2.75. The summed E-state index contributed by atoms with van der Waals surface area (Å²) in [7, 11) is 0. The van der Waals surface area contributed by atoms with E-state index in [4.69, 9.17) is 0 Å². The molecule has 0 spiro atoms. The second-order valence-corrected chi connectivity index (χ2v) is 6.91. The summed E-state index contributed by atoms with van der Waals surface area (Å²) in [6.45, 7) is 3.28. The standard InChI is InChI=1S/C14H16N2O4S/c1-13(2)9(17)6-14(13,12(19)20)16-10(18)8-5-7-3-4-21-11(7)15-8/h3-5,9,15,17H,6H2,1-2H3,(H,16,18)(H,19,20). The van der Waals surface area contributed by atoms with E-state index in [0.717, 1.165) is 10.2 Å². The lowest BCUT2D eigenvalue weighted by Gasteiger charge is -2.56. The van der Waals surface area contributed by atoms with Crippen molar-refractivity contribution >= 4 is 33.4 Å². The third kappa shape index (κ3) is 1.81. The minimum Gasteiger partial charge on any atom is -0.479 e. The second kappa shape index (κ2) is 4.32. The second-order valence-electron chi connectivity index (χ2n) is 5.99. The molecule has 2 unspecified atom stereocenters. The minimum atomic E-state index is -1.44. The van der Waals surface area contributed by atoms with Gasteiger partial charge in [-0.15, -0.1) is 11.3 Å². The summed E-state index contributed by atoms with van der Waals surface area (Å²) in [5, 5.41) is 24.7. The Morgan fingerprint density at radius 3 is 2.71 bits per heavy atom. The molecule has 21 heavy (non-hydrogen) atoms. The summed E-state index contributed by atoms with van der Waals surface area (Å²) in [6, 6.07) is 3.58. The fourth-order valence-electron chi connectivity index (χ4n) is 2.82. The molecule has 1 saturated carbocycles. The molecule has 4 N–H and O–H groups in total. The van der Waals surface area contributed by atoms with Crippen molar-refractivity contribution < 1.29 is 19.8 Å². The third-order valence-electron chi connectivity index (χ3n) is 4.61. The molecule has 2 aromatic heterocycles. The van der Waals surface area contributed by atoms with Crippen LogP contribution in [0.5, 0.6) is 0 Å². The first-order chi connectivity index (χ1) is 9.78. The van der Waals surface area contributed by atoms with Crippen molar-refractivity contribution in [1.29, 1.82) is 0 Å². The normalized spacial score (nSPS) is 27.3. The van der Waals surface area contributed by atoms with Crippen molar-refractivity contribution in [2.24, 2.45) is 5.41 Å². The summed E-state index contributed by atoms with van der Waals surface area (Å²) < 4.78 is 0. The quantitative estimate of drug-likeness (QED) is 0.691. The number of thiophene rings is 1. The molecule has 6 nitrogen and oxygen atoms in total. The van der Waals surface area contributed by atoms with E-state index in [2.05, 4.69) is 10.3 Å². The van der Waals surface area contributed by atoms with Crippen LogP contribution in [-0.4, -0.2) is 38.7 Å². The summed E-state index contributed by atoms with van der Waals surface area (Å²) in [6.07, 6.45) is -0.739. The number of fused-ring (bicyclic) bond motifs is 1. The molecular formula is C14H16N2O4S. The number of hydrogen-bond acceptors (Lipinski definition) is 4. The number of nitrogens with one attached hydrogen (secondary N) is 2. The predicted octanol–water partition coefficient (Wildman–Crippen LogP) is 1.57. The first-order valence-electron chi connectivity index (χ1n) is 6.58. The van der Waals surface area contributed by atoms with E-state index >= 15 is 0 Å². The van der Waals surface area contributed by atoms with Crippen LogP contribution >= 0.6 is 11.3 Å². The number of aromatic amines is 1. The smallest absolute Gasteiger partial charge is 0.330 e. The lowest BCUT2D eigenvalue weighted by molar-refractivity contribution is -0.180. The maximum atomic E-state index is 12.3. The Hall–Kier alpha value is -1.86. The van der Waals surface area contributed by atoms with Gasteiger partial charge in [-0.3, -0.25) is 4.79 Å². The van der Waals surface area contributed by atoms with Crippen molar-refractivity contribution in [3.63, 3.8) is 0 Å². The number of carboxylic acids is 1. The highest BCUT2D eigenvalue weighted by molar-refractivity contribution is 7.16. The van der Waals surface area contributed by atoms with E-state index in [0.29, 0.717) is 5.69 Å². The minimum absolute atomic E-state index is 0.0101. The molecule has 0 aromatic carbocycles. The molecule has 3 rings (SSSR count). The number of aliphatic hydroxyl groups is 1. The number of carbonyl (C=O) groups excluding carboxylic acids is 1. The zero-order valence-corrected chi connectivity index (χ0v) is 12.5. The van der Waals surface area contributed by atoms with E-state index in [1.165, 1.54) is 11.3 Å². The van der Waals surface area contributed by atoms with Crippen LogP contribution in [-0.2, 0) is 4.79 Å². The van der Waals surface area contributed by atoms with E-state index in [1.54, 1.807) is 19.9 Å². The van der Waals surface area contributed by atoms with Gasteiger partial charge >= 0.3 is 5.97 Å². The maximum absolute atomic E-state index is 12.3. The van der Waals surface area contributed by atoms with Crippen molar-refractivity contribution in [1.82, 2.24) is 10.3 Å². The van der Waals surface area contributed by atoms with E-state index in [9.17, 15) is 19.8 Å². The Bertz CT molecular complexity index is 704. The van der Waals surface area contributed by atoms with Crippen LogP contribution < -0.4 is 5.32 Å². The Labute approximate surface area is 124 Å². The zero-order valence-electron chi connectivity index (χ0n) is 11.6. The highest BCUT2D eigenvalue weighted by Crippen LogP contribution is 2.50. The summed E-state index contributed by atoms with van der Waals surface area (Å²) >= 11 is 1.48. The first-order valence-corrected chi connectivity index (χ1v) is 7.46. The molecule has 2 heterocycles. The van der Waals surface area contributed by atoms with Gasteiger partial charge in [0.1, 0.15) is 16.1 Å². The first kappa shape index (κ1) is 14.1. The number of aliphatic hydroxyl groups excluding tert-OH is 1. The molecule has 1 amide bonds. The Morgan fingerprint density at radius 2 is 2.19 bits per heavy atom. The number of carboxylic acid groups (broad SMARTS) is 1. The van der Waals surface area contributed by atoms with Crippen molar-refractivity contribution in [3.8, 4) is 0 Å². The average molecular weight is 308 g/mol. The van der Waals surface area contributed by atoms with Crippen molar-refractivity contribution in [3.05, 3.63) is 23.2 Å². The highest BCUT2D eigenvalue weighted by Gasteiger charge is 2.65. The number of H-pyrrole nitrogens is 1. The van der Waals surface area contributed by atoms with Crippen LogP contribution in [0.3, 0.4) is 0 Å². The van der Waals surface area contributed by atoms with Gasteiger partial charge in [-0.1, -0.05) is 13.8 Å². The molecule has 112 valence electrons. The van der Waals surface area contributed by atoms with E-state index < -0.39 is 28.9 Å². The van der Waals surface area contributed by atoms with E-state index in [1.807, 2.05) is 11.4 Å². The van der Waals surface area contributed by atoms with Crippen LogP contribution in [0.25, 0.3) is 10.2 Å².